The zero-order valence-corrected chi connectivity index (χ0v) is 11.9. The summed E-state index contributed by atoms with van der Waals surface area (Å²) in [4.78, 5) is 11.9. The highest BCUT2D eigenvalue weighted by molar-refractivity contribution is 5.94. The molecule has 0 aliphatic rings. The van der Waals surface area contributed by atoms with Crippen LogP contribution < -0.4 is 11.1 Å². The molecule has 3 N–H and O–H groups in total. The van der Waals surface area contributed by atoms with Gasteiger partial charge in [-0.25, -0.2) is 0 Å². The molecule has 1 atom stereocenters. The van der Waals surface area contributed by atoms with Crippen LogP contribution in [-0.4, -0.2) is 19.0 Å². The van der Waals surface area contributed by atoms with Gasteiger partial charge in [-0.15, -0.1) is 0 Å². The van der Waals surface area contributed by atoms with Gasteiger partial charge in [-0.3, -0.25) is 4.79 Å². The summed E-state index contributed by atoms with van der Waals surface area (Å²) in [6.07, 6.45) is 0. The van der Waals surface area contributed by atoms with E-state index in [1.807, 2.05) is 12.1 Å². The van der Waals surface area contributed by atoms with Crippen LogP contribution in [0.4, 0.5) is 0 Å². The molecule has 0 heterocycles. The number of hydrogen-bond donors (Lipinski definition) is 2. The zero-order chi connectivity index (χ0) is 14.3. The Hall–Kier alpha value is -1.79. The standard InChI is InChI=1S/C16H22N2O/c1-12(2)13(3)11-18-16(19)15-8-6-14(7-9-15)5-4-10-17/h6-9,12-13H,10-11,17H2,1-3H3,(H,18,19). The molecule has 3 nitrogen and oxygen atoms in total. The minimum Gasteiger partial charge on any atom is -0.352 e. The second-order valence-electron chi connectivity index (χ2n) is 5.01. The summed E-state index contributed by atoms with van der Waals surface area (Å²) in [5, 5.41) is 2.95. The van der Waals surface area contributed by atoms with Crippen molar-refractivity contribution < 1.29 is 4.79 Å². The molecule has 0 fully saturated rings. The van der Waals surface area contributed by atoms with Gasteiger partial charge in [-0.1, -0.05) is 32.6 Å². The van der Waals surface area contributed by atoms with E-state index >= 15 is 0 Å². The summed E-state index contributed by atoms with van der Waals surface area (Å²) in [5.41, 5.74) is 6.84. The number of benzene rings is 1. The first-order valence-corrected chi connectivity index (χ1v) is 6.61. The third-order valence-electron chi connectivity index (χ3n) is 3.20. The first-order chi connectivity index (χ1) is 9.04. The van der Waals surface area contributed by atoms with Crippen molar-refractivity contribution in [3.8, 4) is 11.8 Å². The lowest BCUT2D eigenvalue weighted by molar-refractivity contribution is 0.0945. The summed E-state index contributed by atoms with van der Waals surface area (Å²) >= 11 is 0. The minimum atomic E-state index is -0.0363. The summed E-state index contributed by atoms with van der Waals surface area (Å²) < 4.78 is 0. The Balaban J connectivity index is 2.58. The van der Waals surface area contributed by atoms with Crippen molar-refractivity contribution in [3.05, 3.63) is 35.4 Å². The smallest absolute Gasteiger partial charge is 0.251 e. The van der Waals surface area contributed by atoms with Crippen molar-refractivity contribution in [2.75, 3.05) is 13.1 Å². The van der Waals surface area contributed by atoms with Crippen LogP contribution in [0.15, 0.2) is 24.3 Å². The predicted molar refractivity (Wildman–Crippen MR) is 78.7 cm³/mol. The van der Waals surface area contributed by atoms with Crippen molar-refractivity contribution >= 4 is 5.91 Å². The van der Waals surface area contributed by atoms with E-state index in [-0.39, 0.29) is 5.91 Å². The Kier molecular flexibility index (Phi) is 6.11. The molecule has 1 rings (SSSR count). The molecule has 102 valence electrons. The molecule has 0 saturated carbocycles. The quantitative estimate of drug-likeness (QED) is 0.812. The maximum absolute atomic E-state index is 11.9. The van der Waals surface area contributed by atoms with Crippen LogP contribution in [-0.2, 0) is 0 Å². The van der Waals surface area contributed by atoms with E-state index in [0.29, 0.717) is 30.5 Å². The molecule has 1 aromatic rings. The minimum absolute atomic E-state index is 0.0363. The van der Waals surface area contributed by atoms with Crippen LogP contribution in [0.2, 0.25) is 0 Å². The van der Waals surface area contributed by atoms with Crippen LogP contribution in [0, 0.1) is 23.7 Å². The summed E-state index contributed by atoms with van der Waals surface area (Å²) in [7, 11) is 0. The first kappa shape index (κ1) is 15.3. The predicted octanol–water partition coefficient (Wildman–Crippen LogP) is 2.02. The fourth-order valence-corrected chi connectivity index (χ4v) is 1.45. The van der Waals surface area contributed by atoms with Crippen LogP contribution in [0.3, 0.4) is 0 Å². The number of amides is 1. The number of hydrogen-bond acceptors (Lipinski definition) is 2. The van der Waals surface area contributed by atoms with Crippen LogP contribution in [0.5, 0.6) is 0 Å². The van der Waals surface area contributed by atoms with Gasteiger partial charge >= 0.3 is 0 Å². The maximum Gasteiger partial charge on any atom is 0.251 e. The molecule has 0 aromatic heterocycles. The lowest BCUT2D eigenvalue weighted by Gasteiger charge is -2.16. The van der Waals surface area contributed by atoms with Gasteiger partial charge in [-0.2, -0.15) is 0 Å². The van der Waals surface area contributed by atoms with Crippen molar-refractivity contribution in [2.24, 2.45) is 17.6 Å². The number of carbonyl (C=O) groups excluding carboxylic acids is 1. The van der Waals surface area contributed by atoms with E-state index in [2.05, 4.69) is 37.9 Å². The molecule has 0 radical (unpaired) electrons. The van der Waals surface area contributed by atoms with E-state index in [1.165, 1.54) is 0 Å². The average molecular weight is 258 g/mol. The SMILES string of the molecule is CC(C)C(C)CNC(=O)c1ccc(C#CCN)cc1. The van der Waals surface area contributed by atoms with Gasteiger partial charge in [0, 0.05) is 17.7 Å². The van der Waals surface area contributed by atoms with E-state index in [1.54, 1.807) is 12.1 Å². The topological polar surface area (TPSA) is 55.1 Å². The fraction of sp³-hybridized carbons (Fsp3) is 0.438. The van der Waals surface area contributed by atoms with Crippen LogP contribution in [0.25, 0.3) is 0 Å². The van der Waals surface area contributed by atoms with Gasteiger partial charge in [0.2, 0.25) is 0 Å². The van der Waals surface area contributed by atoms with Crippen molar-refractivity contribution in [3.63, 3.8) is 0 Å². The molecule has 0 saturated heterocycles. The molecule has 1 aromatic carbocycles. The molecule has 0 aliphatic heterocycles. The van der Waals surface area contributed by atoms with E-state index < -0.39 is 0 Å². The van der Waals surface area contributed by atoms with E-state index in [9.17, 15) is 4.79 Å². The highest BCUT2D eigenvalue weighted by atomic mass is 16.1. The summed E-state index contributed by atoms with van der Waals surface area (Å²) in [5.74, 6) is 6.71. The van der Waals surface area contributed by atoms with Crippen molar-refractivity contribution in [2.45, 2.75) is 20.8 Å². The van der Waals surface area contributed by atoms with E-state index in [4.69, 9.17) is 5.73 Å². The van der Waals surface area contributed by atoms with Crippen LogP contribution in [0.1, 0.15) is 36.7 Å². The summed E-state index contributed by atoms with van der Waals surface area (Å²) in [6, 6.07) is 7.25. The maximum atomic E-state index is 11.9. The monoisotopic (exact) mass is 258 g/mol. The second-order valence-corrected chi connectivity index (χ2v) is 5.01. The highest BCUT2D eigenvalue weighted by Gasteiger charge is 2.10. The fourth-order valence-electron chi connectivity index (χ4n) is 1.45. The Bertz CT molecular complexity index is 466. The molecule has 3 heteroatoms. The van der Waals surface area contributed by atoms with Crippen LogP contribution >= 0.6 is 0 Å². The van der Waals surface area contributed by atoms with Gasteiger partial charge in [0.25, 0.3) is 5.91 Å². The Labute approximate surface area is 115 Å². The largest absolute Gasteiger partial charge is 0.352 e. The lowest BCUT2D eigenvalue weighted by atomic mass is 9.98. The molecule has 0 bridgehead atoms. The molecule has 19 heavy (non-hydrogen) atoms. The normalized spacial score (nSPS) is 11.6. The number of nitrogens with one attached hydrogen (secondary N) is 1. The highest BCUT2D eigenvalue weighted by Crippen LogP contribution is 2.08. The van der Waals surface area contributed by atoms with Crippen molar-refractivity contribution in [1.29, 1.82) is 0 Å². The third-order valence-corrected chi connectivity index (χ3v) is 3.20. The second kappa shape index (κ2) is 7.60. The number of carbonyl (C=O) groups is 1. The van der Waals surface area contributed by atoms with Crippen molar-refractivity contribution in [1.82, 2.24) is 5.32 Å². The molecule has 1 amide bonds. The molecule has 0 aliphatic carbocycles. The van der Waals surface area contributed by atoms with Gasteiger partial charge in [0.15, 0.2) is 0 Å². The molecular weight excluding hydrogens is 236 g/mol. The Morgan fingerprint density at radius 1 is 1.26 bits per heavy atom. The van der Waals surface area contributed by atoms with Gasteiger partial charge in [0.1, 0.15) is 0 Å². The third kappa shape index (κ3) is 5.15. The average Bonchev–Trinajstić information content (AvgIpc) is 2.42. The molecule has 1 unspecified atom stereocenters. The number of nitrogens with two attached hydrogens (primary N) is 1. The zero-order valence-electron chi connectivity index (χ0n) is 11.9. The van der Waals surface area contributed by atoms with E-state index in [0.717, 1.165) is 5.56 Å². The first-order valence-electron chi connectivity index (χ1n) is 6.61. The number of rotatable bonds is 4. The van der Waals surface area contributed by atoms with Gasteiger partial charge in [0.05, 0.1) is 6.54 Å². The Morgan fingerprint density at radius 2 is 1.89 bits per heavy atom. The molecular formula is C16H22N2O. The summed E-state index contributed by atoms with van der Waals surface area (Å²) in [6.45, 7) is 7.49. The lowest BCUT2D eigenvalue weighted by Crippen LogP contribution is -2.30. The van der Waals surface area contributed by atoms with Gasteiger partial charge in [-0.05, 0) is 36.1 Å². The Morgan fingerprint density at radius 3 is 2.42 bits per heavy atom. The molecule has 0 spiro atoms. The van der Waals surface area contributed by atoms with Gasteiger partial charge < -0.3 is 11.1 Å².